The van der Waals surface area contributed by atoms with Gasteiger partial charge >= 0.3 is 5.97 Å². The highest BCUT2D eigenvalue weighted by molar-refractivity contribution is 7.16. The molecule has 0 aliphatic carbocycles. The van der Waals surface area contributed by atoms with Gasteiger partial charge in [-0.1, -0.05) is 13.8 Å². The molecule has 0 aliphatic rings. The lowest BCUT2D eigenvalue weighted by atomic mass is 10.2. The second kappa shape index (κ2) is 5.84. The van der Waals surface area contributed by atoms with Crippen molar-refractivity contribution in [3.05, 3.63) is 35.3 Å². The van der Waals surface area contributed by atoms with Gasteiger partial charge in [-0.25, -0.2) is 9.78 Å². The van der Waals surface area contributed by atoms with Crippen LogP contribution in [0.15, 0.2) is 30.5 Å². The van der Waals surface area contributed by atoms with Gasteiger partial charge in [-0.2, -0.15) is 0 Å². The van der Waals surface area contributed by atoms with Crippen molar-refractivity contribution in [3.63, 3.8) is 0 Å². The van der Waals surface area contributed by atoms with Crippen LogP contribution in [0.1, 0.15) is 23.5 Å². The van der Waals surface area contributed by atoms with E-state index in [0.717, 1.165) is 11.3 Å². The number of thiazole rings is 1. The molecule has 1 N–H and O–H groups in total. The van der Waals surface area contributed by atoms with Crippen LogP contribution >= 0.6 is 11.3 Å². The molecule has 0 saturated carbocycles. The molecule has 2 rings (SSSR count). The number of nitrogens with zero attached hydrogens (tertiary/aromatic N) is 1. The summed E-state index contributed by atoms with van der Waals surface area (Å²) in [4.78, 5) is 15.2. The Labute approximate surface area is 115 Å². The van der Waals surface area contributed by atoms with E-state index in [2.05, 4.69) is 18.8 Å². The zero-order chi connectivity index (χ0) is 13.8. The highest BCUT2D eigenvalue weighted by atomic mass is 32.1. The summed E-state index contributed by atoms with van der Waals surface area (Å²) in [7, 11) is 0. The van der Waals surface area contributed by atoms with Gasteiger partial charge in [-0.05, 0) is 30.2 Å². The second-order valence-electron chi connectivity index (χ2n) is 4.56. The lowest BCUT2D eigenvalue weighted by Gasteiger charge is -2.08. The number of ether oxygens (including phenoxy) is 1. The summed E-state index contributed by atoms with van der Waals surface area (Å²) in [5.74, 6) is 0.352. The summed E-state index contributed by atoms with van der Waals surface area (Å²) in [6.07, 6.45) is 1.38. The molecule has 0 radical (unpaired) electrons. The van der Waals surface area contributed by atoms with Crippen molar-refractivity contribution in [1.29, 1.82) is 0 Å². The molecule has 0 spiro atoms. The van der Waals surface area contributed by atoms with E-state index < -0.39 is 5.97 Å². The fourth-order valence-electron chi connectivity index (χ4n) is 1.46. The summed E-state index contributed by atoms with van der Waals surface area (Å²) in [5, 5.41) is 9.56. The summed E-state index contributed by atoms with van der Waals surface area (Å²) in [6.45, 7) is 4.87. The number of hydrogen-bond donors (Lipinski definition) is 1. The number of benzene rings is 1. The Morgan fingerprint density at radius 3 is 2.58 bits per heavy atom. The van der Waals surface area contributed by atoms with Gasteiger partial charge in [0, 0.05) is 5.56 Å². The number of hydrogen-bond acceptors (Lipinski definition) is 4. The third kappa shape index (κ3) is 3.54. The third-order valence-corrected chi connectivity index (χ3v) is 3.44. The van der Waals surface area contributed by atoms with E-state index in [0.29, 0.717) is 17.5 Å². The Hall–Kier alpha value is -1.88. The molecule has 2 aromatic rings. The predicted octanol–water partition coefficient (Wildman–Crippen LogP) is 3.54. The molecular weight excluding hydrogens is 262 g/mol. The number of carboxylic acid groups (broad SMARTS) is 1. The van der Waals surface area contributed by atoms with Crippen LogP contribution in [0.4, 0.5) is 0 Å². The second-order valence-corrected chi connectivity index (χ2v) is 5.59. The maximum atomic E-state index is 10.8. The molecule has 1 aromatic carbocycles. The van der Waals surface area contributed by atoms with Crippen molar-refractivity contribution < 1.29 is 14.6 Å². The van der Waals surface area contributed by atoms with Crippen LogP contribution in [0.5, 0.6) is 5.75 Å². The van der Waals surface area contributed by atoms with Crippen LogP contribution in [-0.4, -0.2) is 22.7 Å². The zero-order valence-corrected chi connectivity index (χ0v) is 11.6. The van der Waals surface area contributed by atoms with Gasteiger partial charge in [0.15, 0.2) is 0 Å². The molecule has 0 atom stereocenters. The third-order valence-electron chi connectivity index (χ3n) is 2.40. The Morgan fingerprint density at radius 2 is 2.05 bits per heavy atom. The largest absolute Gasteiger partial charge is 0.493 e. The van der Waals surface area contributed by atoms with Crippen molar-refractivity contribution in [2.45, 2.75) is 13.8 Å². The standard InChI is InChI=1S/C14H15NO3S/c1-9(2)8-18-11-5-3-10(4-6-11)13-15-7-12(19-13)14(16)17/h3-7,9H,8H2,1-2H3,(H,16,17). The molecule has 100 valence electrons. The first-order valence-corrected chi connectivity index (χ1v) is 6.80. The molecule has 1 heterocycles. The Kier molecular flexibility index (Phi) is 4.16. The molecule has 0 saturated heterocycles. The van der Waals surface area contributed by atoms with Gasteiger partial charge in [0.25, 0.3) is 0 Å². The first-order chi connectivity index (χ1) is 9.06. The number of rotatable bonds is 5. The molecule has 19 heavy (non-hydrogen) atoms. The van der Waals surface area contributed by atoms with Crippen molar-refractivity contribution in [2.75, 3.05) is 6.61 Å². The fourth-order valence-corrected chi connectivity index (χ4v) is 2.22. The maximum Gasteiger partial charge on any atom is 0.347 e. The van der Waals surface area contributed by atoms with Gasteiger partial charge < -0.3 is 9.84 Å². The normalized spacial score (nSPS) is 10.7. The van der Waals surface area contributed by atoms with Gasteiger partial charge in [0.1, 0.15) is 15.6 Å². The molecule has 5 heteroatoms. The molecule has 1 aromatic heterocycles. The van der Waals surface area contributed by atoms with Gasteiger partial charge in [0.05, 0.1) is 12.8 Å². The molecule has 0 amide bonds. The van der Waals surface area contributed by atoms with E-state index in [1.165, 1.54) is 17.5 Å². The fraction of sp³-hybridized carbons (Fsp3) is 0.286. The first kappa shape index (κ1) is 13.5. The van der Waals surface area contributed by atoms with Crippen molar-refractivity contribution in [2.24, 2.45) is 5.92 Å². The molecule has 0 fully saturated rings. The minimum absolute atomic E-state index is 0.245. The van der Waals surface area contributed by atoms with E-state index in [1.54, 1.807) is 0 Å². The predicted molar refractivity (Wildman–Crippen MR) is 74.8 cm³/mol. The number of aromatic nitrogens is 1. The van der Waals surface area contributed by atoms with Crippen molar-refractivity contribution in [3.8, 4) is 16.3 Å². The Morgan fingerprint density at radius 1 is 1.37 bits per heavy atom. The van der Waals surface area contributed by atoms with Crippen LogP contribution in [0.2, 0.25) is 0 Å². The lowest BCUT2D eigenvalue weighted by Crippen LogP contribution is -2.04. The van der Waals surface area contributed by atoms with Gasteiger partial charge in [0.2, 0.25) is 0 Å². The highest BCUT2D eigenvalue weighted by Crippen LogP contribution is 2.26. The van der Waals surface area contributed by atoms with Crippen LogP contribution in [0.3, 0.4) is 0 Å². The quantitative estimate of drug-likeness (QED) is 0.908. The average molecular weight is 277 g/mol. The van der Waals surface area contributed by atoms with Crippen molar-refractivity contribution >= 4 is 17.3 Å². The maximum absolute atomic E-state index is 10.8. The number of carbonyl (C=O) groups is 1. The van der Waals surface area contributed by atoms with Gasteiger partial charge in [-0.3, -0.25) is 0 Å². The number of aromatic carboxylic acids is 1. The smallest absolute Gasteiger partial charge is 0.347 e. The Bertz CT molecular complexity index is 560. The number of carboxylic acids is 1. The van der Waals surface area contributed by atoms with E-state index in [1.807, 2.05) is 24.3 Å². The van der Waals surface area contributed by atoms with E-state index in [-0.39, 0.29) is 4.88 Å². The summed E-state index contributed by atoms with van der Waals surface area (Å²) < 4.78 is 5.59. The lowest BCUT2D eigenvalue weighted by molar-refractivity contribution is 0.0702. The molecule has 0 aliphatic heterocycles. The SMILES string of the molecule is CC(C)COc1ccc(-c2ncc(C(=O)O)s2)cc1. The molecule has 4 nitrogen and oxygen atoms in total. The summed E-state index contributed by atoms with van der Waals surface area (Å²) in [6, 6.07) is 7.53. The minimum Gasteiger partial charge on any atom is -0.493 e. The van der Waals surface area contributed by atoms with E-state index in [9.17, 15) is 4.79 Å². The summed E-state index contributed by atoms with van der Waals surface area (Å²) >= 11 is 1.17. The molecular formula is C14H15NO3S. The minimum atomic E-state index is -0.944. The van der Waals surface area contributed by atoms with Gasteiger partial charge in [-0.15, -0.1) is 11.3 Å². The van der Waals surface area contributed by atoms with E-state index >= 15 is 0 Å². The van der Waals surface area contributed by atoms with Crippen LogP contribution in [-0.2, 0) is 0 Å². The topological polar surface area (TPSA) is 59.4 Å². The first-order valence-electron chi connectivity index (χ1n) is 5.98. The Balaban J connectivity index is 2.10. The zero-order valence-electron chi connectivity index (χ0n) is 10.8. The highest BCUT2D eigenvalue weighted by Gasteiger charge is 2.10. The summed E-state index contributed by atoms with van der Waals surface area (Å²) in [5.41, 5.74) is 0.898. The molecule has 0 unspecified atom stereocenters. The van der Waals surface area contributed by atoms with E-state index in [4.69, 9.17) is 9.84 Å². The monoisotopic (exact) mass is 277 g/mol. The van der Waals surface area contributed by atoms with Crippen LogP contribution in [0.25, 0.3) is 10.6 Å². The van der Waals surface area contributed by atoms with Crippen LogP contribution in [0, 0.1) is 5.92 Å². The van der Waals surface area contributed by atoms with Crippen molar-refractivity contribution in [1.82, 2.24) is 4.98 Å². The average Bonchev–Trinajstić information content (AvgIpc) is 2.86. The van der Waals surface area contributed by atoms with Crippen LogP contribution < -0.4 is 4.74 Å². The molecule has 0 bridgehead atoms.